The lowest BCUT2D eigenvalue weighted by Crippen LogP contribution is -2.42. The summed E-state index contributed by atoms with van der Waals surface area (Å²) in [4.78, 5) is 42.1. The number of carbonyl (C=O) groups is 1. The number of ketones is 1. The van der Waals surface area contributed by atoms with E-state index in [2.05, 4.69) is 10.2 Å². The standard InChI is InChI=1S/C27H32FN5O5S/c1-15(2)11-19(34)13-31-24(35)23-17(5)25(33-29-9-10-30-33)39-26(23)32(27(31)36)14-22(38-16(3)4)20-12-18(28)7-8-21(20)37-6/h7-10,12,15-16,22H,11,13-14H2,1-6H3/t22-/m0/s1. The molecule has 0 radical (unpaired) electrons. The van der Waals surface area contributed by atoms with Gasteiger partial charge in [0.2, 0.25) is 0 Å². The number of ether oxygens (including phenoxy) is 2. The molecule has 1 aromatic carbocycles. The maximum Gasteiger partial charge on any atom is 0.332 e. The molecule has 3 aromatic heterocycles. The molecule has 0 spiro atoms. The zero-order chi connectivity index (χ0) is 28.4. The van der Waals surface area contributed by atoms with Crippen LogP contribution in [0.25, 0.3) is 15.2 Å². The van der Waals surface area contributed by atoms with Gasteiger partial charge in [-0.2, -0.15) is 10.2 Å². The van der Waals surface area contributed by atoms with Crippen LogP contribution in [-0.4, -0.2) is 43.1 Å². The van der Waals surface area contributed by atoms with Gasteiger partial charge in [0.1, 0.15) is 27.5 Å². The van der Waals surface area contributed by atoms with Crippen LogP contribution in [0.4, 0.5) is 4.39 Å². The van der Waals surface area contributed by atoms with Gasteiger partial charge in [-0.25, -0.2) is 9.18 Å². The number of carbonyl (C=O) groups excluding carboxylic acids is 1. The molecule has 0 aliphatic carbocycles. The number of rotatable bonds is 11. The number of methoxy groups -OCH3 is 1. The molecular weight excluding hydrogens is 525 g/mol. The summed E-state index contributed by atoms with van der Waals surface area (Å²) in [5.41, 5.74) is -0.208. The molecule has 4 aromatic rings. The van der Waals surface area contributed by atoms with E-state index in [9.17, 15) is 18.8 Å². The van der Waals surface area contributed by atoms with E-state index >= 15 is 0 Å². The third kappa shape index (κ3) is 5.86. The highest BCUT2D eigenvalue weighted by Gasteiger charge is 2.27. The Bertz CT molecular complexity index is 1600. The molecule has 0 fully saturated rings. The number of benzene rings is 1. The van der Waals surface area contributed by atoms with E-state index in [1.807, 2.05) is 27.7 Å². The summed E-state index contributed by atoms with van der Waals surface area (Å²) < 4.78 is 28.4. The molecule has 0 saturated heterocycles. The summed E-state index contributed by atoms with van der Waals surface area (Å²) in [6.07, 6.45) is 2.18. The molecule has 0 amide bonds. The van der Waals surface area contributed by atoms with Crippen LogP contribution in [0, 0.1) is 18.7 Å². The van der Waals surface area contributed by atoms with Crippen LogP contribution in [0.1, 0.15) is 51.3 Å². The Labute approximate surface area is 228 Å². The summed E-state index contributed by atoms with van der Waals surface area (Å²) in [6, 6.07) is 4.10. The lowest BCUT2D eigenvalue weighted by molar-refractivity contribution is -0.120. The van der Waals surface area contributed by atoms with Crippen LogP contribution in [0.5, 0.6) is 5.75 Å². The van der Waals surface area contributed by atoms with Gasteiger partial charge in [0, 0.05) is 17.5 Å². The minimum Gasteiger partial charge on any atom is -0.496 e. The molecule has 3 heterocycles. The van der Waals surface area contributed by atoms with Crippen molar-refractivity contribution in [1.82, 2.24) is 24.1 Å². The highest BCUT2D eigenvalue weighted by Crippen LogP contribution is 2.34. The second-order valence-corrected chi connectivity index (χ2v) is 11.0. The Morgan fingerprint density at radius 2 is 1.79 bits per heavy atom. The molecule has 4 rings (SSSR count). The summed E-state index contributed by atoms with van der Waals surface area (Å²) in [7, 11) is 1.47. The number of Topliss-reactive ketones (excluding diaryl/α,β-unsaturated/α-hetero) is 1. The van der Waals surface area contributed by atoms with Crippen LogP contribution in [-0.2, 0) is 22.6 Å². The predicted octanol–water partition coefficient (Wildman–Crippen LogP) is 4.04. The first-order valence-corrected chi connectivity index (χ1v) is 13.5. The lowest BCUT2D eigenvalue weighted by Gasteiger charge is -2.24. The third-order valence-electron chi connectivity index (χ3n) is 6.16. The minimum atomic E-state index is -0.803. The van der Waals surface area contributed by atoms with Crippen molar-refractivity contribution in [3.05, 3.63) is 68.4 Å². The molecule has 0 unspecified atom stereocenters. The number of aromatic nitrogens is 5. The van der Waals surface area contributed by atoms with Crippen molar-refractivity contribution in [1.29, 1.82) is 0 Å². The normalized spacial score (nSPS) is 12.5. The van der Waals surface area contributed by atoms with Gasteiger partial charge in [-0.1, -0.05) is 25.2 Å². The number of halogens is 1. The molecule has 39 heavy (non-hydrogen) atoms. The lowest BCUT2D eigenvalue weighted by atomic mass is 10.1. The number of hydrogen-bond donors (Lipinski definition) is 0. The summed E-state index contributed by atoms with van der Waals surface area (Å²) >= 11 is 1.19. The van der Waals surface area contributed by atoms with Crippen LogP contribution >= 0.6 is 11.3 Å². The molecule has 0 saturated carbocycles. The maximum atomic E-state index is 14.4. The van der Waals surface area contributed by atoms with Gasteiger partial charge in [0.05, 0.1) is 44.1 Å². The van der Waals surface area contributed by atoms with E-state index in [0.717, 1.165) is 4.57 Å². The summed E-state index contributed by atoms with van der Waals surface area (Å²) in [6.45, 7) is 8.81. The van der Waals surface area contributed by atoms with Gasteiger partial charge in [0.15, 0.2) is 5.78 Å². The van der Waals surface area contributed by atoms with Crippen LogP contribution in [0.2, 0.25) is 0 Å². The molecule has 10 nitrogen and oxygen atoms in total. The van der Waals surface area contributed by atoms with Crippen molar-refractivity contribution in [2.45, 2.75) is 66.3 Å². The Kier molecular flexibility index (Phi) is 8.45. The van der Waals surface area contributed by atoms with E-state index in [0.29, 0.717) is 32.1 Å². The van der Waals surface area contributed by atoms with Gasteiger partial charge in [-0.3, -0.25) is 18.7 Å². The fourth-order valence-corrected chi connectivity index (χ4v) is 5.78. The molecule has 0 aliphatic rings. The smallest absolute Gasteiger partial charge is 0.332 e. The first-order valence-electron chi connectivity index (χ1n) is 12.7. The fraction of sp³-hybridized carbons (Fsp3) is 0.444. The number of thiophene rings is 1. The Balaban J connectivity index is 1.97. The molecule has 0 bridgehead atoms. The number of hydrogen-bond acceptors (Lipinski definition) is 8. The first kappa shape index (κ1) is 28.4. The van der Waals surface area contributed by atoms with Crippen LogP contribution < -0.4 is 16.0 Å². The highest BCUT2D eigenvalue weighted by molar-refractivity contribution is 7.21. The monoisotopic (exact) mass is 557 g/mol. The average molecular weight is 558 g/mol. The number of aryl methyl sites for hydroxylation is 1. The SMILES string of the molecule is COc1ccc(F)cc1[C@H](Cn1c(=O)n(CC(=O)CC(C)C)c(=O)c2c(C)c(-n3nccn3)sc21)OC(C)C. The van der Waals surface area contributed by atoms with E-state index in [4.69, 9.17) is 9.47 Å². The maximum absolute atomic E-state index is 14.4. The Hall–Kier alpha value is -3.64. The first-order chi connectivity index (χ1) is 18.5. The van der Waals surface area contributed by atoms with Crippen molar-refractivity contribution >= 4 is 27.3 Å². The Morgan fingerprint density at radius 3 is 2.41 bits per heavy atom. The largest absolute Gasteiger partial charge is 0.496 e. The summed E-state index contributed by atoms with van der Waals surface area (Å²) in [5.74, 6) is -0.234. The molecule has 12 heteroatoms. The topological polar surface area (TPSA) is 110 Å². The third-order valence-corrected chi connectivity index (χ3v) is 7.44. The summed E-state index contributed by atoms with van der Waals surface area (Å²) in [5, 5.41) is 9.24. The molecule has 0 aliphatic heterocycles. The zero-order valence-corrected chi connectivity index (χ0v) is 23.6. The van der Waals surface area contributed by atoms with Gasteiger partial charge in [-0.15, -0.1) is 4.80 Å². The highest BCUT2D eigenvalue weighted by atomic mass is 32.1. The molecular formula is C27H32FN5O5S. The van der Waals surface area contributed by atoms with Gasteiger partial charge in [-0.05, 0) is 44.9 Å². The second kappa shape index (κ2) is 11.6. The van der Waals surface area contributed by atoms with Crippen molar-refractivity contribution < 1.29 is 18.7 Å². The van der Waals surface area contributed by atoms with Crippen LogP contribution in [0.3, 0.4) is 0 Å². The zero-order valence-electron chi connectivity index (χ0n) is 22.8. The molecule has 0 N–H and O–H groups in total. The van der Waals surface area contributed by atoms with E-state index in [-0.39, 0.29) is 37.3 Å². The molecule has 1 atom stereocenters. The van der Waals surface area contributed by atoms with Crippen molar-refractivity contribution in [2.75, 3.05) is 7.11 Å². The van der Waals surface area contributed by atoms with Crippen molar-refractivity contribution in [3.63, 3.8) is 0 Å². The van der Waals surface area contributed by atoms with Gasteiger partial charge < -0.3 is 9.47 Å². The van der Waals surface area contributed by atoms with Gasteiger partial charge in [0.25, 0.3) is 5.56 Å². The Morgan fingerprint density at radius 1 is 1.10 bits per heavy atom. The predicted molar refractivity (Wildman–Crippen MR) is 146 cm³/mol. The number of nitrogens with zero attached hydrogens (tertiary/aromatic N) is 5. The minimum absolute atomic E-state index is 0.0576. The average Bonchev–Trinajstić information content (AvgIpc) is 3.51. The quantitative estimate of drug-likeness (QED) is 0.274. The molecule has 208 valence electrons. The van der Waals surface area contributed by atoms with E-state index in [1.165, 1.54) is 58.4 Å². The van der Waals surface area contributed by atoms with Crippen molar-refractivity contribution in [2.24, 2.45) is 5.92 Å². The second-order valence-electron chi connectivity index (χ2n) is 10.0. The van der Waals surface area contributed by atoms with E-state index < -0.39 is 23.2 Å². The van der Waals surface area contributed by atoms with Crippen LogP contribution in [0.15, 0.2) is 40.2 Å². The van der Waals surface area contributed by atoms with E-state index in [1.54, 1.807) is 6.92 Å². The van der Waals surface area contributed by atoms with Gasteiger partial charge >= 0.3 is 5.69 Å². The number of fused-ring (bicyclic) bond motifs is 1. The van der Waals surface area contributed by atoms with Crippen molar-refractivity contribution in [3.8, 4) is 10.8 Å². The fourth-order valence-electron chi connectivity index (χ4n) is 4.56.